The fourth-order valence-corrected chi connectivity index (χ4v) is 12.1. The van der Waals surface area contributed by atoms with Gasteiger partial charge in [-0.3, -0.25) is 9.59 Å². The zero-order valence-corrected chi connectivity index (χ0v) is 25.6. The minimum Gasteiger partial charge on any atom is -0.465 e. The van der Waals surface area contributed by atoms with E-state index in [9.17, 15) is 9.59 Å². The van der Waals surface area contributed by atoms with Gasteiger partial charge in [-0.15, -0.1) is 0 Å². The second kappa shape index (κ2) is 9.10. The smallest absolute Gasteiger partial charge is 0.302 e. The predicted molar refractivity (Wildman–Crippen MR) is 151 cm³/mol. The van der Waals surface area contributed by atoms with Crippen molar-refractivity contribution >= 4 is 11.9 Å². The normalized spacial score (nSPS) is 49.1. The van der Waals surface area contributed by atoms with Crippen molar-refractivity contribution in [3.63, 3.8) is 0 Å². The molecule has 0 aromatic heterocycles. The summed E-state index contributed by atoms with van der Waals surface area (Å²) < 4.78 is 11.9. The summed E-state index contributed by atoms with van der Waals surface area (Å²) in [6, 6.07) is 0. The Kier molecular flexibility index (Phi) is 6.76. The van der Waals surface area contributed by atoms with Gasteiger partial charge in [-0.25, -0.2) is 0 Å². The molecule has 5 aliphatic rings. The zero-order valence-electron chi connectivity index (χ0n) is 25.6. The lowest BCUT2D eigenvalue weighted by atomic mass is 9.32. The lowest BCUT2D eigenvalue weighted by molar-refractivity contribution is -0.263. The highest BCUT2D eigenvalue weighted by molar-refractivity contribution is 5.66. The summed E-state index contributed by atoms with van der Waals surface area (Å²) in [4.78, 5) is 24.2. The van der Waals surface area contributed by atoms with E-state index in [-0.39, 0.29) is 39.7 Å². The van der Waals surface area contributed by atoms with Crippen molar-refractivity contribution in [1.29, 1.82) is 0 Å². The van der Waals surface area contributed by atoms with Crippen LogP contribution >= 0.6 is 0 Å². The van der Waals surface area contributed by atoms with E-state index < -0.39 is 0 Å². The monoisotopic (exact) mass is 526 g/mol. The molecular weight excluding hydrogens is 472 g/mol. The maximum atomic E-state index is 12.2. The van der Waals surface area contributed by atoms with Crippen LogP contribution in [0, 0.1) is 56.7 Å². The van der Waals surface area contributed by atoms with Crippen LogP contribution in [0.2, 0.25) is 0 Å². The van der Waals surface area contributed by atoms with Crippen LogP contribution in [-0.4, -0.2) is 24.6 Å². The number of allylic oxidation sites excluding steroid dienone is 1. The molecule has 0 bridgehead atoms. The van der Waals surface area contributed by atoms with Crippen LogP contribution < -0.4 is 0 Å². The Morgan fingerprint density at radius 2 is 1.47 bits per heavy atom. The highest BCUT2D eigenvalue weighted by Gasteiger charge is 2.71. The highest BCUT2D eigenvalue weighted by atomic mass is 16.5. The molecule has 5 aliphatic carbocycles. The SMILES string of the molecule is C=C(C)[C@@H]1CC[C@]2(C)CC[C@]3(C)[C@H](CC[C@@H]4[C@@]5(COC(C)=O)CC[C@H](OC(C)=O)C(C)(C)[C@@H]5CC[C@]43C)[C@@H]12. The molecule has 4 heteroatoms. The number of hydrogen-bond acceptors (Lipinski definition) is 4. The Morgan fingerprint density at radius 3 is 2.11 bits per heavy atom. The minimum atomic E-state index is -0.182. The van der Waals surface area contributed by atoms with Crippen molar-refractivity contribution in [2.75, 3.05) is 6.61 Å². The molecule has 0 saturated heterocycles. The van der Waals surface area contributed by atoms with E-state index in [1.165, 1.54) is 57.4 Å². The molecular formula is C34H54O4. The first-order chi connectivity index (χ1) is 17.6. The van der Waals surface area contributed by atoms with E-state index >= 15 is 0 Å². The van der Waals surface area contributed by atoms with Gasteiger partial charge in [-0.2, -0.15) is 0 Å². The summed E-state index contributed by atoms with van der Waals surface area (Å²) in [5.74, 6) is 2.67. The van der Waals surface area contributed by atoms with Crippen LogP contribution in [0.25, 0.3) is 0 Å². The highest BCUT2D eigenvalue weighted by Crippen LogP contribution is 2.77. The Morgan fingerprint density at radius 1 is 0.763 bits per heavy atom. The quantitative estimate of drug-likeness (QED) is 0.274. The Balaban J connectivity index is 1.56. The van der Waals surface area contributed by atoms with Crippen molar-refractivity contribution in [3.05, 3.63) is 12.2 Å². The maximum Gasteiger partial charge on any atom is 0.302 e. The summed E-state index contributed by atoms with van der Waals surface area (Å²) in [5.41, 5.74) is 2.13. The zero-order chi connectivity index (χ0) is 27.9. The van der Waals surface area contributed by atoms with Crippen LogP contribution in [0.5, 0.6) is 0 Å². The summed E-state index contributed by atoms with van der Waals surface area (Å²) >= 11 is 0. The third-order valence-electron chi connectivity index (χ3n) is 14.0. The molecule has 5 saturated carbocycles. The number of esters is 2. The van der Waals surface area contributed by atoms with Crippen molar-refractivity contribution < 1.29 is 19.1 Å². The number of carbonyl (C=O) groups is 2. The molecule has 0 N–H and O–H groups in total. The number of carbonyl (C=O) groups excluding carboxylic acids is 2. The van der Waals surface area contributed by atoms with Gasteiger partial charge in [0.25, 0.3) is 0 Å². The summed E-state index contributed by atoms with van der Waals surface area (Å²) in [7, 11) is 0. The number of hydrogen-bond donors (Lipinski definition) is 0. The molecule has 5 rings (SSSR count). The predicted octanol–water partition coefficient (Wildman–Crippen LogP) is 8.14. The van der Waals surface area contributed by atoms with Gasteiger partial charge in [-0.05, 0) is 117 Å². The van der Waals surface area contributed by atoms with Crippen molar-refractivity contribution in [3.8, 4) is 0 Å². The number of rotatable bonds is 4. The molecule has 0 aromatic carbocycles. The molecule has 10 atom stereocenters. The van der Waals surface area contributed by atoms with E-state index in [0.29, 0.717) is 29.8 Å². The fourth-order valence-electron chi connectivity index (χ4n) is 12.1. The molecule has 0 radical (unpaired) electrons. The Hall–Kier alpha value is -1.32. The number of ether oxygens (including phenoxy) is 2. The third-order valence-corrected chi connectivity index (χ3v) is 14.0. The average Bonchev–Trinajstić information content (AvgIpc) is 3.17. The second-order valence-electron chi connectivity index (χ2n) is 15.8. The minimum absolute atomic E-state index is 0.0586. The van der Waals surface area contributed by atoms with E-state index in [0.717, 1.165) is 31.1 Å². The Labute approximate surface area is 232 Å². The first kappa shape index (κ1) is 28.2. The van der Waals surface area contributed by atoms with Crippen LogP contribution in [0.15, 0.2) is 12.2 Å². The summed E-state index contributed by atoms with van der Waals surface area (Å²) in [6.45, 7) is 22.9. The van der Waals surface area contributed by atoms with E-state index in [4.69, 9.17) is 9.47 Å². The van der Waals surface area contributed by atoms with E-state index in [2.05, 4.69) is 48.1 Å². The van der Waals surface area contributed by atoms with E-state index in [1.807, 2.05) is 0 Å². The average molecular weight is 527 g/mol. The van der Waals surface area contributed by atoms with Crippen molar-refractivity contribution in [1.82, 2.24) is 0 Å². The number of fused-ring (bicyclic) bond motifs is 7. The Bertz CT molecular complexity index is 998. The molecule has 38 heavy (non-hydrogen) atoms. The summed E-state index contributed by atoms with van der Waals surface area (Å²) in [6.07, 6.45) is 11.9. The van der Waals surface area contributed by atoms with Crippen LogP contribution in [0.3, 0.4) is 0 Å². The van der Waals surface area contributed by atoms with Gasteiger partial charge in [0.1, 0.15) is 6.10 Å². The van der Waals surface area contributed by atoms with E-state index in [1.54, 1.807) is 6.92 Å². The van der Waals surface area contributed by atoms with Gasteiger partial charge in [0.15, 0.2) is 0 Å². The molecule has 4 nitrogen and oxygen atoms in total. The molecule has 0 unspecified atom stereocenters. The van der Waals surface area contributed by atoms with Crippen molar-refractivity contribution in [2.24, 2.45) is 56.7 Å². The lowest BCUT2D eigenvalue weighted by Gasteiger charge is -2.73. The van der Waals surface area contributed by atoms with Gasteiger partial charge in [-0.1, -0.05) is 46.8 Å². The standard InChI is InChI=1S/C34H54O4/c1-21(2)24-12-15-31(7)18-19-32(8)25(29(24)31)10-11-27-33(32,9)16-13-26-30(5,6)28(38-23(4)36)14-17-34(26,27)20-37-22(3)35/h24-29H,1,10-20H2,2-9H3/t24-,25+,26-,27-,28-,29+,31+,32+,33+,34+/m0/s1. The molecule has 214 valence electrons. The van der Waals surface area contributed by atoms with Gasteiger partial charge in [0.2, 0.25) is 0 Å². The van der Waals surface area contributed by atoms with Gasteiger partial charge in [0.05, 0.1) is 6.61 Å². The maximum absolute atomic E-state index is 12.2. The topological polar surface area (TPSA) is 52.6 Å². The molecule has 0 heterocycles. The van der Waals surface area contributed by atoms with Crippen LogP contribution in [-0.2, 0) is 19.1 Å². The molecule has 0 aromatic rings. The first-order valence-electron chi connectivity index (χ1n) is 15.6. The molecule has 5 fully saturated rings. The van der Waals surface area contributed by atoms with Crippen molar-refractivity contribution in [2.45, 2.75) is 126 Å². The van der Waals surface area contributed by atoms with Crippen LogP contribution in [0.1, 0.15) is 120 Å². The van der Waals surface area contributed by atoms with Gasteiger partial charge in [0, 0.05) is 24.7 Å². The molecule has 0 amide bonds. The molecule has 0 spiro atoms. The second-order valence-corrected chi connectivity index (χ2v) is 15.8. The van der Waals surface area contributed by atoms with Gasteiger partial charge < -0.3 is 9.47 Å². The molecule has 0 aliphatic heterocycles. The largest absolute Gasteiger partial charge is 0.465 e. The lowest BCUT2D eigenvalue weighted by Crippen LogP contribution is -2.68. The van der Waals surface area contributed by atoms with Crippen LogP contribution in [0.4, 0.5) is 0 Å². The summed E-state index contributed by atoms with van der Waals surface area (Å²) in [5, 5.41) is 0. The van der Waals surface area contributed by atoms with Gasteiger partial charge >= 0.3 is 11.9 Å². The third kappa shape index (κ3) is 3.80. The fraction of sp³-hybridized carbons (Fsp3) is 0.882. The first-order valence-corrected chi connectivity index (χ1v) is 15.6.